The maximum Gasteiger partial charge on any atom is 0.291 e. The molecule has 8 heteroatoms. The first-order chi connectivity index (χ1) is 12.9. The van der Waals surface area contributed by atoms with Crippen LogP contribution in [0, 0.1) is 0 Å². The molecule has 0 saturated carbocycles. The first kappa shape index (κ1) is 18.5. The molecule has 27 heavy (non-hydrogen) atoms. The Kier molecular flexibility index (Phi) is 5.46. The van der Waals surface area contributed by atoms with E-state index in [4.69, 9.17) is 9.15 Å². The fraction of sp³-hybridized carbons (Fsp3) is 0.105. The number of hydrogen-bond acceptors (Lipinski definition) is 5. The molecule has 1 amide bonds. The van der Waals surface area contributed by atoms with Gasteiger partial charge >= 0.3 is 0 Å². The number of benzene rings is 2. The second-order valence-corrected chi connectivity index (χ2v) is 7.52. The van der Waals surface area contributed by atoms with E-state index in [2.05, 4.69) is 10.0 Å². The minimum Gasteiger partial charge on any atom is -0.486 e. The number of carbonyl (C=O) groups excluding carboxylic acids is 1. The molecule has 0 saturated heterocycles. The van der Waals surface area contributed by atoms with Crippen LogP contribution < -0.4 is 14.8 Å². The molecule has 2 N–H and O–H groups in total. The van der Waals surface area contributed by atoms with E-state index < -0.39 is 15.9 Å². The second kappa shape index (κ2) is 7.96. The fourth-order valence-electron chi connectivity index (χ4n) is 2.28. The molecular formula is C19H18N2O5S. The Bertz CT molecular complexity index is 1010. The van der Waals surface area contributed by atoms with Crippen molar-refractivity contribution in [1.82, 2.24) is 0 Å². The van der Waals surface area contributed by atoms with Gasteiger partial charge in [0.15, 0.2) is 5.76 Å². The Labute approximate surface area is 157 Å². The molecule has 0 bridgehead atoms. The summed E-state index contributed by atoms with van der Waals surface area (Å²) in [4.78, 5) is 12.3. The van der Waals surface area contributed by atoms with Gasteiger partial charge in [-0.3, -0.25) is 9.52 Å². The predicted molar refractivity (Wildman–Crippen MR) is 102 cm³/mol. The third-order valence-electron chi connectivity index (χ3n) is 3.46. The molecule has 0 spiro atoms. The normalized spacial score (nSPS) is 11.0. The number of furan rings is 1. The molecule has 0 radical (unpaired) electrons. The van der Waals surface area contributed by atoms with Crippen LogP contribution >= 0.6 is 0 Å². The zero-order chi connectivity index (χ0) is 19.3. The molecule has 3 rings (SSSR count). The molecule has 0 aliphatic carbocycles. The summed E-state index contributed by atoms with van der Waals surface area (Å²) < 4.78 is 35.8. The zero-order valence-corrected chi connectivity index (χ0v) is 15.3. The molecule has 7 nitrogen and oxygen atoms in total. The SMILES string of the molecule is CS(=O)(=O)Nc1ccc(NC(=O)c2ccc(COc3ccccc3)o2)cc1. The summed E-state index contributed by atoms with van der Waals surface area (Å²) in [5.74, 6) is 0.976. The Morgan fingerprint density at radius 1 is 0.963 bits per heavy atom. The van der Waals surface area contributed by atoms with Crippen LogP contribution in [0.2, 0.25) is 0 Å². The van der Waals surface area contributed by atoms with E-state index in [0.29, 0.717) is 22.9 Å². The van der Waals surface area contributed by atoms with Crippen molar-refractivity contribution in [3.05, 3.63) is 78.3 Å². The first-order valence-corrected chi connectivity index (χ1v) is 9.94. The van der Waals surface area contributed by atoms with E-state index in [9.17, 15) is 13.2 Å². The number of rotatable bonds is 7. The summed E-state index contributed by atoms with van der Waals surface area (Å²) in [5.41, 5.74) is 0.923. The van der Waals surface area contributed by atoms with Crippen molar-refractivity contribution in [2.24, 2.45) is 0 Å². The lowest BCUT2D eigenvalue weighted by atomic mass is 10.3. The maximum atomic E-state index is 12.3. The minimum absolute atomic E-state index is 0.153. The molecule has 0 unspecified atom stereocenters. The smallest absolute Gasteiger partial charge is 0.291 e. The van der Waals surface area contributed by atoms with E-state index in [1.165, 1.54) is 0 Å². The summed E-state index contributed by atoms with van der Waals surface area (Å²) in [6.45, 7) is 0.211. The van der Waals surface area contributed by atoms with Gasteiger partial charge in [-0.2, -0.15) is 0 Å². The monoisotopic (exact) mass is 386 g/mol. The molecule has 0 aliphatic rings. The Morgan fingerprint density at radius 3 is 2.30 bits per heavy atom. The lowest BCUT2D eigenvalue weighted by Gasteiger charge is -2.06. The van der Waals surface area contributed by atoms with Crippen molar-refractivity contribution in [3.63, 3.8) is 0 Å². The van der Waals surface area contributed by atoms with Crippen LogP contribution in [0.4, 0.5) is 11.4 Å². The lowest BCUT2D eigenvalue weighted by Crippen LogP contribution is -2.12. The number of amides is 1. The standard InChI is InChI=1S/C19H18N2O5S/c1-27(23,24)21-15-9-7-14(8-10-15)20-19(22)18-12-11-17(26-18)13-25-16-5-3-2-4-6-16/h2-12,21H,13H2,1H3,(H,20,22). The predicted octanol–water partition coefficient (Wildman–Crippen LogP) is 3.48. The van der Waals surface area contributed by atoms with Crippen LogP contribution in [-0.2, 0) is 16.6 Å². The topological polar surface area (TPSA) is 97.6 Å². The van der Waals surface area contributed by atoms with Crippen LogP contribution in [0.25, 0.3) is 0 Å². The molecule has 3 aromatic rings. The number of sulfonamides is 1. The van der Waals surface area contributed by atoms with Gasteiger partial charge in [0.1, 0.15) is 18.1 Å². The third-order valence-corrected chi connectivity index (χ3v) is 4.06. The van der Waals surface area contributed by atoms with Crippen LogP contribution in [-0.4, -0.2) is 20.6 Å². The van der Waals surface area contributed by atoms with E-state index in [0.717, 1.165) is 6.26 Å². The highest BCUT2D eigenvalue weighted by Gasteiger charge is 2.12. The summed E-state index contributed by atoms with van der Waals surface area (Å²) in [6.07, 6.45) is 1.07. The van der Waals surface area contributed by atoms with Crippen LogP contribution in [0.1, 0.15) is 16.3 Å². The van der Waals surface area contributed by atoms with Crippen molar-refractivity contribution in [3.8, 4) is 5.75 Å². The Hall–Kier alpha value is -3.26. The number of carbonyl (C=O) groups is 1. The van der Waals surface area contributed by atoms with Crippen molar-refractivity contribution < 1.29 is 22.4 Å². The molecule has 1 aromatic heterocycles. The number of para-hydroxylation sites is 1. The second-order valence-electron chi connectivity index (χ2n) is 5.77. The largest absolute Gasteiger partial charge is 0.486 e. The van der Waals surface area contributed by atoms with Gasteiger partial charge in [-0.1, -0.05) is 18.2 Å². The number of anilines is 2. The van der Waals surface area contributed by atoms with Crippen molar-refractivity contribution >= 4 is 27.3 Å². The first-order valence-electron chi connectivity index (χ1n) is 8.05. The minimum atomic E-state index is -3.34. The van der Waals surface area contributed by atoms with E-state index in [1.807, 2.05) is 30.3 Å². The van der Waals surface area contributed by atoms with Crippen LogP contribution in [0.5, 0.6) is 5.75 Å². The van der Waals surface area contributed by atoms with Crippen molar-refractivity contribution in [1.29, 1.82) is 0 Å². The van der Waals surface area contributed by atoms with Crippen molar-refractivity contribution in [2.75, 3.05) is 16.3 Å². The third kappa shape index (κ3) is 5.61. The average molecular weight is 386 g/mol. The van der Waals surface area contributed by atoms with Gasteiger partial charge in [0.05, 0.1) is 6.26 Å². The molecular weight excluding hydrogens is 368 g/mol. The Balaban J connectivity index is 1.57. The molecule has 0 atom stereocenters. The van der Waals surface area contributed by atoms with Gasteiger partial charge in [-0.25, -0.2) is 8.42 Å². The van der Waals surface area contributed by atoms with Gasteiger partial charge in [-0.15, -0.1) is 0 Å². The molecule has 140 valence electrons. The average Bonchev–Trinajstić information content (AvgIpc) is 3.10. The molecule has 0 fully saturated rings. The quantitative estimate of drug-likeness (QED) is 0.648. The summed E-state index contributed by atoms with van der Waals surface area (Å²) in [6, 6.07) is 18.8. The highest BCUT2D eigenvalue weighted by Crippen LogP contribution is 2.17. The highest BCUT2D eigenvalue weighted by atomic mass is 32.2. The molecule has 1 heterocycles. The van der Waals surface area contributed by atoms with E-state index in [-0.39, 0.29) is 12.4 Å². The lowest BCUT2D eigenvalue weighted by molar-refractivity contribution is 0.0992. The number of nitrogens with one attached hydrogen (secondary N) is 2. The number of ether oxygens (including phenoxy) is 1. The van der Waals surface area contributed by atoms with Crippen molar-refractivity contribution in [2.45, 2.75) is 6.61 Å². The van der Waals surface area contributed by atoms with Crippen LogP contribution in [0.3, 0.4) is 0 Å². The summed E-state index contributed by atoms with van der Waals surface area (Å²) in [5, 5.41) is 2.68. The zero-order valence-electron chi connectivity index (χ0n) is 14.5. The molecule has 0 aliphatic heterocycles. The van der Waals surface area contributed by atoms with E-state index in [1.54, 1.807) is 36.4 Å². The summed E-state index contributed by atoms with van der Waals surface area (Å²) in [7, 11) is -3.34. The summed E-state index contributed by atoms with van der Waals surface area (Å²) >= 11 is 0. The fourth-order valence-corrected chi connectivity index (χ4v) is 2.84. The van der Waals surface area contributed by atoms with Gasteiger partial charge in [0.25, 0.3) is 5.91 Å². The van der Waals surface area contributed by atoms with Crippen LogP contribution in [0.15, 0.2) is 71.1 Å². The number of hydrogen-bond donors (Lipinski definition) is 2. The maximum absolute atomic E-state index is 12.3. The van der Waals surface area contributed by atoms with Gasteiger partial charge in [-0.05, 0) is 48.5 Å². The molecule has 2 aromatic carbocycles. The Morgan fingerprint density at radius 2 is 1.63 bits per heavy atom. The highest BCUT2D eigenvalue weighted by molar-refractivity contribution is 7.92. The van der Waals surface area contributed by atoms with Gasteiger partial charge < -0.3 is 14.5 Å². The van der Waals surface area contributed by atoms with E-state index >= 15 is 0 Å². The van der Waals surface area contributed by atoms with Gasteiger partial charge in [0.2, 0.25) is 10.0 Å². The van der Waals surface area contributed by atoms with Gasteiger partial charge in [0, 0.05) is 11.4 Å².